The average molecular weight is 969 g/mol. The Kier molecular flexibility index (Phi) is 15.5. The zero-order valence-corrected chi connectivity index (χ0v) is 40.5. The number of nitrogens with one attached hydrogen (secondary N) is 2. The predicted octanol–water partition coefficient (Wildman–Crippen LogP) is -1.38. The molecule has 5 N–H and O–H groups in total. The highest BCUT2D eigenvalue weighted by molar-refractivity contribution is 6.38. The Balaban J connectivity index is 0.00000864. The number of quaternary nitrogens is 1. The summed E-state index contributed by atoms with van der Waals surface area (Å²) in [6, 6.07) is 14.3. The number of aliphatic hydroxyl groups is 3. The number of rotatable bonds is 13. The number of esters is 4. The summed E-state index contributed by atoms with van der Waals surface area (Å²) in [7, 11) is 5.39. The van der Waals surface area contributed by atoms with Crippen molar-refractivity contribution in [3.8, 4) is 0 Å². The van der Waals surface area contributed by atoms with Crippen LogP contribution in [-0.2, 0) is 52.5 Å². The van der Waals surface area contributed by atoms with Gasteiger partial charge in [-0.15, -0.1) is 0 Å². The Morgan fingerprint density at radius 3 is 2.06 bits per heavy atom. The molecule has 3 fully saturated rings. The number of ketones is 1. The van der Waals surface area contributed by atoms with Crippen LogP contribution in [-0.4, -0.2) is 149 Å². The molecular formula is C48H61ClN4O15. The average Bonchev–Trinajstić information content (AvgIpc) is 3.25. The van der Waals surface area contributed by atoms with E-state index in [1.54, 1.807) is 69.7 Å². The fourth-order valence-electron chi connectivity index (χ4n) is 10.3. The van der Waals surface area contributed by atoms with E-state index in [-0.39, 0.29) is 64.4 Å². The van der Waals surface area contributed by atoms with Gasteiger partial charge in [-0.05, 0) is 49.6 Å². The number of carbonyl (C=O) groups excluding carboxylic acids is 7. The Hall–Kier alpha value is -5.57. The second-order valence-electron chi connectivity index (χ2n) is 19.7. The number of Topliss-reactive ketones (excluding diaryl/α,β-unsaturated/α-hetero) is 1. The Labute approximate surface area is 400 Å². The molecule has 0 aromatic heterocycles. The summed E-state index contributed by atoms with van der Waals surface area (Å²) in [4.78, 5) is 96.3. The highest BCUT2D eigenvalue weighted by Crippen LogP contribution is 2.64. The summed E-state index contributed by atoms with van der Waals surface area (Å²) in [5.74, 6) is -7.78. The maximum atomic E-state index is 15.5. The lowest BCUT2D eigenvalue weighted by Crippen LogP contribution is -3.00. The van der Waals surface area contributed by atoms with E-state index < -0.39 is 119 Å². The smallest absolute Gasteiger partial charge is 0.338 e. The van der Waals surface area contributed by atoms with Crippen molar-refractivity contribution < 1.29 is 89.5 Å². The van der Waals surface area contributed by atoms with E-state index in [1.165, 1.54) is 46.8 Å². The van der Waals surface area contributed by atoms with Crippen molar-refractivity contribution in [1.82, 2.24) is 10.7 Å². The number of hydrazone groups is 1. The number of halogens is 1. The second-order valence-corrected chi connectivity index (χ2v) is 19.7. The maximum absolute atomic E-state index is 15.5. The molecule has 0 radical (unpaired) electrons. The van der Waals surface area contributed by atoms with E-state index in [4.69, 9.17) is 23.7 Å². The molecule has 1 saturated heterocycles. The van der Waals surface area contributed by atoms with E-state index in [0.29, 0.717) is 0 Å². The molecule has 4 aliphatic rings. The maximum Gasteiger partial charge on any atom is 0.338 e. The first-order valence-corrected chi connectivity index (χ1v) is 22.0. The van der Waals surface area contributed by atoms with E-state index in [0.717, 1.165) is 13.8 Å². The molecule has 2 amide bonds. The van der Waals surface area contributed by atoms with Gasteiger partial charge in [-0.25, -0.2) is 15.0 Å². The largest absolute Gasteiger partial charge is 1.00 e. The lowest BCUT2D eigenvalue weighted by Gasteiger charge is -2.67. The second kappa shape index (κ2) is 19.8. The molecule has 2 aromatic carbocycles. The summed E-state index contributed by atoms with van der Waals surface area (Å²) in [6.07, 6.45) is -10.9. The first-order valence-electron chi connectivity index (χ1n) is 22.0. The van der Waals surface area contributed by atoms with E-state index in [9.17, 15) is 44.1 Å². The predicted molar refractivity (Wildman–Crippen MR) is 236 cm³/mol. The van der Waals surface area contributed by atoms with Crippen LogP contribution in [0.1, 0.15) is 83.3 Å². The zero-order chi connectivity index (χ0) is 49.6. The third-order valence-corrected chi connectivity index (χ3v) is 13.7. The fraction of sp³-hybridized carbons (Fsp3) is 0.542. The van der Waals surface area contributed by atoms with Gasteiger partial charge in [-0.1, -0.05) is 62.4 Å². The van der Waals surface area contributed by atoms with Crippen molar-refractivity contribution in [3.63, 3.8) is 0 Å². The lowest BCUT2D eigenvalue weighted by atomic mass is 9.44. The summed E-state index contributed by atoms with van der Waals surface area (Å²) in [6.45, 7) is 9.19. The molecule has 370 valence electrons. The topological polar surface area (TPSA) is 263 Å². The molecule has 19 nitrogen and oxygen atoms in total. The normalized spacial score (nSPS) is 30.4. The van der Waals surface area contributed by atoms with Gasteiger partial charge in [0, 0.05) is 32.1 Å². The van der Waals surface area contributed by atoms with Gasteiger partial charge in [0.1, 0.15) is 29.6 Å². The number of nitrogens with zero attached hydrogens (tertiary/aromatic N) is 2. The summed E-state index contributed by atoms with van der Waals surface area (Å²) in [5.41, 5.74) is -5.51. The van der Waals surface area contributed by atoms with Crippen LogP contribution >= 0.6 is 0 Å². The number of hydrogen-bond acceptors (Lipinski definition) is 16. The minimum absolute atomic E-state index is 0. The van der Waals surface area contributed by atoms with Crippen LogP contribution in [0.5, 0.6) is 0 Å². The Morgan fingerprint density at radius 2 is 1.51 bits per heavy atom. The van der Waals surface area contributed by atoms with Crippen LogP contribution in [0.25, 0.3) is 0 Å². The van der Waals surface area contributed by atoms with Gasteiger partial charge in [0.25, 0.3) is 11.8 Å². The number of fused-ring (bicyclic) bond motifs is 5. The molecule has 2 saturated carbocycles. The number of hydrogen-bond donors (Lipinski definition) is 5. The number of benzene rings is 2. The monoisotopic (exact) mass is 968 g/mol. The van der Waals surface area contributed by atoms with E-state index in [2.05, 4.69) is 15.8 Å². The third kappa shape index (κ3) is 9.82. The molecule has 6 rings (SSSR count). The molecule has 2 aromatic rings. The molecule has 0 spiro atoms. The number of carbonyl (C=O) groups is 7. The molecule has 68 heavy (non-hydrogen) atoms. The van der Waals surface area contributed by atoms with Gasteiger partial charge in [0.15, 0.2) is 30.1 Å². The Morgan fingerprint density at radius 1 is 0.912 bits per heavy atom. The number of aliphatic hydroxyl groups excluding tert-OH is 2. The van der Waals surface area contributed by atoms with E-state index >= 15 is 4.79 Å². The fourth-order valence-corrected chi connectivity index (χ4v) is 10.3. The van der Waals surface area contributed by atoms with Crippen LogP contribution in [0.3, 0.4) is 0 Å². The van der Waals surface area contributed by atoms with Crippen molar-refractivity contribution in [3.05, 3.63) is 82.9 Å². The van der Waals surface area contributed by atoms with Crippen molar-refractivity contribution in [1.29, 1.82) is 0 Å². The third-order valence-electron chi connectivity index (χ3n) is 13.7. The van der Waals surface area contributed by atoms with Crippen molar-refractivity contribution in [2.45, 2.75) is 115 Å². The van der Waals surface area contributed by atoms with Crippen molar-refractivity contribution in [2.24, 2.45) is 21.8 Å². The van der Waals surface area contributed by atoms with Gasteiger partial charge in [0.2, 0.25) is 0 Å². The molecule has 2 bridgehead atoms. The first-order chi connectivity index (χ1) is 31.2. The molecule has 11 atom stereocenters. The molecular weight excluding hydrogens is 908 g/mol. The number of likely N-dealkylation sites (N-methyl/N-ethyl adjacent to an activating group) is 1. The molecule has 1 heterocycles. The minimum atomic E-state index is -2.44. The van der Waals surface area contributed by atoms with Crippen molar-refractivity contribution >= 4 is 47.2 Å². The molecule has 1 unspecified atom stereocenters. The standard InChI is InChI=1S/C48H60N4O15.ClH/c1-25-31(65-44(61)37(57)36(29-17-13-11-14-18-29)49-42(59)26(2)50-51-34(56)23-52(8,9)10)22-48(62)41(66-43(60)30-19-15-12-16-20-30)39-46(7,32(55)21-33-47(39,24-63-33)67-28(4)54)40(58)38(64-27(3)53)35(25)45(48,5)6;/h11-20,31-33,36-39,41,55,57,62H,21-24H2,1-10H3,(H-,49,51,56,59);1H/t31-,32-,33+,36-,37+,38+,39?,41-,46+,47-,48+;/m0./s1. The van der Waals surface area contributed by atoms with Crippen LogP contribution in [0.4, 0.5) is 0 Å². The zero-order valence-electron chi connectivity index (χ0n) is 39.7. The molecule has 3 aliphatic carbocycles. The van der Waals surface area contributed by atoms with Gasteiger partial charge in [-0.2, -0.15) is 5.10 Å². The minimum Gasteiger partial charge on any atom is -1.00 e. The number of ether oxygens (including phenoxy) is 5. The lowest BCUT2D eigenvalue weighted by molar-refractivity contribution is -0.862. The van der Waals surface area contributed by atoms with Crippen LogP contribution in [0.15, 0.2) is 76.9 Å². The molecule has 1 aliphatic heterocycles. The summed E-state index contributed by atoms with van der Waals surface area (Å²) < 4.78 is 30.6. The SMILES string of the molecule is CC(=O)O[C@H]1C(=O)[C@@]2(C)C([C@H](OC(=O)c3ccccc3)[C@]3(O)C[C@H](OC(=O)[C@H](O)[C@@H](NC(=O)/C(C)=N/NC(=O)C[N+](C)(C)C)c4ccccc4)C(C)=C1C3(C)C)[C@]1(OC(C)=O)CO[C@@H]1C[C@@H]2O.[Cl-]. The van der Waals surface area contributed by atoms with Gasteiger partial charge in [-0.3, -0.25) is 24.0 Å². The number of amides is 2. The first kappa shape index (κ1) is 53.4. The van der Waals surface area contributed by atoms with Crippen molar-refractivity contribution in [2.75, 3.05) is 34.3 Å². The van der Waals surface area contributed by atoms with Crippen LogP contribution < -0.4 is 23.1 Å². The summed E-state index contributed by atoms with van der Waals surface area (Å²) >= 11 is 0. The Bertz CT molecular complexity index is 2370. The van der Waals surface area contributed by atoms with Gasteiger partial charge >= 0.3 is 23.9 Å². The summed E-state index contributed by atoms with van der Waals surface area (Å²) in [5, 5.41) is 44.1. The van der Waals surface area contributed by atoms with E-state index in [1.807, 2.05) is 0 Å². The van der Waals surface area contributed by atoms with Crippen LogP contribution in [0, 0.1) is 16.7 Å². The molecule has 20 heteroatoms. The quantitative estimate of drug-likeness (QED) is 0.0387. The highest BCUT2D eigenvalue weighted by atomic mass is 35.5. The highest BCUT2D eigenvalue weighted by Gasteiger charge is 2.78. The van der Waals surface area contributed by atoms with Gasteiger partial charge < -0.3 is 61.2 Å². The van der Waals surface area contributed by atoms with Gasteiger partial charge in [0.05, 0.1) is 56.8 Å². The van der Waals surface area contributed by atoms with Crippen LogP contribution in [0.2, 0.25) is 0 Å².